The van der Waals surface area contributed by atoms with E-state index < -0.39 is 0 Å². The molecule has 0 N–H and O–H groups in total. The third kappa shape index (κ3) is 7.65. The fourth-order valence-electron chi connectivity index (χ4n) is 1.66. The second kappa shape index (κ2) is 15.5. The van der Waals surface area contributed by atoms with Gasteiger partial charge in [-0.15, -0.1) is 0 Å². The Kier molecular flexibility index (Phi) is 15.2. The first kappa shape index (κ1) is 22.4. The van der Waals surface area contributed by atoms with Crippen LogP contribution >= 0.6 is 0 Å². The largest absolute Gasteiger partial charge is 0.192 e. The Bertz CT molecular complexity index is 618. The van der Waals surface area contributed by atoms with E-state index in [1.807, 2.05) is 71.0 Å². The van der Waals surface area contributed by atoms with Crippen molar-refractivity contribution in [1.29, 1.82) is 10.5 Å². The minimum atomic E-state index is 0.353. The standard InChI is InChI=1S/C17H14N2.2C2H6/c1-3-8-14(9-4-2)16(12-18)17(13-19)15-10-6-5-7-11-15;2*1-2/h3-11H,1H2,2H3;2*1-2H3/b9-4-,14-8+,17-16+;;. The van der Waals surface area contributed by atoms with E-state index in [1.54, 1.807) is 18.2 Å². The first-order chi connectivity index (χ1) is 11.3. The van der Waals surface area contributed by atoms with Gasteiger partial charge >= 0.3 is 0 Å². The van der Waals surface area contributed by atoms with E-state index in [-0.39, 0.29) is 0 Å². The quantitative estimate of drug-likeness (QED) is 0.489. The second-order valence-electron chi connectivity index (χ2n) is 3.70. The van der Waals surface area contributed by atoms with Crippen LogP contribution in [-0.4, -0.2) is 0 Å². The zero-order chi connectivity index (χ0) is 18.1. The molecule has 0 heterocycles. The molecule has 0 aliphatic rings. The molecule has 23 heavy (non-hydrogen) atoms. The van der Waals surface area contributed by atoms with Crippen molar-refractivity contribution in [1.82, 2.24) is 0 Å². The summed E-state index contributed by atoms with van der Waals surface area (Å²) in [6, 6.07) is 13.4. The summed E-state index contributed by atoms with van der Waals surface area (Å²) < 4.78 is 0. The molecule has 0 bridgehead atoms. The van der Waals surface area contributed by atoms with Crippen LogP contribution in [0.3, 0.4) is 0 Å². The Morgan fingerprint density at radius 2 is 1.57 bits per heavy atom. The highest BCUT2D eigenvalue weighted by Crippen LogP contribution is 2.23. The maximum absolute atomic E-state index is 9.34. The van der Waals surface area contributed by atoms with Crippen LogP contribution in [0, 0.1) is 22.7 Å². The number of nitrogens with zero attached hydrogens (tertiary/aromatic N) is 2. The van der Waals surface area contributed by atoms with E-state index in [4.69, 9.17) is 0 Å². The molecule has 120 valence electrons. The van der Waals surface area contributed by atoms with Gasteiger partial charge in [-0.05, 0) is 18.1 Å². The highest BCUT2D eigenvalue weighted by atomic mass is 14.3. The molecule has 0 atom stereocenters. The van der Waals surface area contributed by atoms with Gasteiger partial charge in [0.15, 0.2) is 0 Å². The highest BCUT2D eigenvalue weighted by Gasteiger charge is 2.11. The normalized spacial score (nSPS) is 10.8. The van der Waals surface area contributed by atoms with Gasteiger partial charge in [0.05, 0.1) is 11.1 Å². The van der Waals surface area contributed by atoms with Crippen LogP contribution in [0.1, 0.15) is 40.2 Å². The van der Waals surface area contributed by atoms with Gasteiger partial charge in [0.1, 0.15) is 12.1 Å². The predicted molar refractivity (Wildman–Crippen MR) is 100 cm³/mol. The summed E-state index contributed by atoms with van der Waals surface area (Å²) in [5.74, 6) is 0. The van der Waals surface area contributed by atoms with Gasteiger partial charge in [0, 0.05) is 0 Å². The van der Waals surface area contributed by atoms with Crippen LogP contribution in [0.4, 0.5) is 0 Å². The van der Waals surface area contributed by atoms with Gasteiger partial charge in [-0.2, -0.15) is 10.5 Å². The van der Waals surface area contributed by atoms with Crippen molar-refractivity contribution in [3.05, 3.63) is 77.9 Å². The van der Waals surface area contributed by atoms with Gasteiger partial charge in [-0.1, -0.05) is 88.9 Å². The Balaban J connectivity index is 0. The average Bonchev–Trinajstić information content (AvgIpc) is 2.63. The fourth-order valence-corrected chi connectivity index (χ4v) is 1.66. The minimum absolute atomic E-state index is 0.353. The monoisotopic (exact) mass is 306 g/mol. The third-order valence-corrected chi connectivity index (χ3v) is 2.47. The number of rotatable bonds is 4. The summed E-state index contributed by atoms with van der Waals surface area (Å²) in [5.41, 5.74) is 2.14. The predicted octanol–water partition coefficient (Wildman–Crippen LogP) is 6.23. The number of hydrogen-bond acceptors (Lipinski definition) is 2. The summed E-state index contributed by atoms with van der Waals surface area (Å²) in [4.78, 5) is 0. The summed E-state index contributed by atoms with van der Waals surface area (Å²) in [7, 11) is 0. The molecule has 0 unspecified atom stereocenters. The number of allylic oxidation sites excluding steroid dienone is 7. The van der Waals surface area contributed by atoms with E-state index in [1.165, 1.54) is 0 Å². The van der Waals surface area contributed by atoms with E-state index >= 15 is 0 Å². The molecule has 2 nitrogen and oxygen atoms in total. The molecule has 1 aromatic carbocycles. The molecule has 1 aromatic rings. The van der Waals surface area contributed by atoms with Gasteiger partial charge < -0.3 is 0 Å². The summed E-state index contributed by atoms with van der Waals surface area (Å²) in [6.45, 7) is 13.5. The second-order valence-corrected chi connectivity index (χ2v) is 3.70. The Labute approximate surface area is 141 Å². The molecule has 2 heteroatoms. The van der Waals surface area contributed by atoms with Crippen molar-refractivity contribution < 1.29 is 0 Å². The average molecular weight is 306 g/mol. The first-order valence-corrected chi connectivity index (χ1v) is 7.84. The van der Waals surface area contributed by atoms with Gasteiger partial charge in [0.2, 0.25) is 0 Å². The van der Waals surface area contributed by atoms with Crippen molar-refractivity contribution in [2.24, 2.45) is 0 Å². The van der Waals surface area contributed by atoms with Crippen LogP contribution in [-0.2, 0) is 0 Å². The van der Waals surface area contributed by atoms with Crippen molar-refractivity contribution in [3.63, 3.8) is 0 Å². The molecule has 0 fully saturated rings. The molecule has 0 aromatic heterocycles. The lowest BCUT2D eigenvalue weighted by molar-refractivity contribution is 1.44. The van der Waals surface area contributed by atoms with E-state index in [2.05, 4.69) is 18.7 Å². The molecular weight excluding hydrogens is 280 g/mol. The fraction of sp³-hybridized carbons (Fsp3) is 0.238. The number of nitriles is 2. The zero-order valence-electron chi connectivity index (χ0n) is 14.8. The topological polar surface area (TPSA) is 47.6 Å². The molecule has 0 amide bonds. The molecular formula is C21H26N2. The van der Waals surface area contributed by atoms with E-state index in [0.717, 1.165) is 5.56 Å². The minimum Gasteiger partial charge on any atom is -0.192 e. The number of benzene rings is 1. The molecule has 0 saturated carbocycles. The summed E-state index contributed by atoms with van der Waals surface area (Å²) >= 11 is 0. The van der Waals surface area contributed by atoms with Crippen molar-refractivity contribution >= 4 is 5.57 Å². The van der Waals surface area contributed by atoms with Gasteiger partial charge in [0.25, 0.3) is 0 Å². The smallest absolute Gasteiger partial charge is 0.101 e. The highest BCUT2D eigenvalue weighted by molar-refractivity contribution is 5.85. The van der Waals surface area contributed by atoms with Crippen molar-refractivity contribution in [2.75, 3.05) is 0 Å². The van der Waals surface area contributed by atoms with Crippen LogP contribution < -0.4 is 0 Å². The lowest BCUT2D eigenvalue weighted by Crippen LogP contribution is -1.91. The van der Waals surface area contributed by atoms with E-state index in [0.29, 0.717) is 16.7 Å². The molecule has 0 aliphatic heterocycles. The maximum atomic E-state index is 9.34. The van der Waals surface area contributed by atoms with Crippen LogP contribution in [0.25, 0.3) is 5.57 Å². The van der Waals surface area contributed by atoms with Crippen molar-refractivity contribution in [2.45, 2.75) is 34.6 Å². The Hall–Kier alpha value is -2.84. The SMILES string of the molecule is C=C/C=C(\C=C/C)C(/C#N)=C(\C#N)c1ccccc1.CC.CC. The van der Waals surface area contributed by atoms with E-state index in [9.17, 15) is 10.5 Å². The molecule has 0 spiro atoms. The molecule has 0 saturated heterocycles. The van der Waals surface area contributed by atoms with Gasteiger partial charge in [-0.25, -0.2) is 0 Å². The summed E-state index contributed by atoms with van der Waals surface area (Å²) in [6.07, 6.45) is 6.94. The zero-order valence-corrected chi connectivity index (χ0v) is 14.8. The van der Waals surface area contributed by atoms with Gasteiger partial charge in [-0.3, -0.25) is 0 Å². The third-order valence-electron chi connectivity index (χ3n) is 2.47. The lowest BCUT2D eigenvalue weighted by atomic mass is 9.95. The molecule has 0 radical (unpaired) electrons. The Morgan fingerprint density at radius 3 is 1.96 bits per heavy atom. The van der Waals surface area contributed by atoms with Crippen LogP contribution in [0.15, 0.2) is 72.4 Å². The number of hydrogen-bond donors (Lipinski definition) is 0. The molecule has 0 aliphatic carbocycles. The first-order valence-electron chi connectivity index (χ1n) is 7.84. The lowest BCUT2D eigenvalue weighted by Gasteiger charge is -2.04. The maximum Gasteiger partial charge on any atom is 0.101 e. The summed E-state index contributed by atoms with van der Waals surface area (Å²) in [5, 5.41) is 18.7. The van der Waals surface area contributed by atoms with Crippen LogP contribution in [0.2, 0.25) is 0 Å². The Morgan fingerprint density at radius 1 is 1.00 bits per heavy atom. The van der Waals surface area contributed by atoms with Crippen molar-refractivity contribution in [3.8, 4) is 12.1 Å². The van der Waals surface area contributed by atoms with Crippen LogP contribution in [0.5, 0.6) is 0 Å². The molecule has 1 rings (SSSR count).